The molecule has 2 N–H and O–H groups in total. The number of rotatable bonds is 7. The van der Waals surface area contributed by atoms with E-state index in [-0.39, 0.29) is 12.3 Å². The molecule has 1 aromatic heterocycles. The predicted molar refractivity (Wildman–Crippen MR) is 228 cm³/mol. The lowest BCUT2D eigenvalue weighted by Gasteiger charge is -2.33. The summed E-state index contributed by atoms with van der Waals surface area (Å²) in [6.07, 6.45) is -0.461. The standard InChI is InChI=1S/C50H36N6/c1-5-15-33(16-6-1)42-25-13-23-34-24-14-26-43(44(34)42)50-55-47(37-21-11-4-12-22-37)54-49(56-50)41-30-28-38-31-40(29-27-39(38)32-41)48-52-45(35-17-7-2-8-18-35)51-46(53-48)36-19-9-3-10-20-36/h1-32,47,50,55H,(H,54,56). The molecule has 0 aliphatic carbocycles. The van der Waals surface area contributed by atoms with Crippen LogP contribution in [0.5, 0.6) is 0 Å². The summed E-state index contributed by atoms with van der Waals surface area (Å²) in [4.78, 5) is 20.2. The largest absolute Gasteiger partial charge is 0.350 e. The van der Waals surface area contributed by atoms with Crippen LogP contribution in [-0.2, 0) is 0 Å². The maximum Gasteiger partial charge on any atom is 0.164 e. The third-order valence-electron chi connectivity index (χ3n) is 10.4. The molecule has 0 radical (unpaired) electrons. The topological polar surface area (TPSA) is 75.1 Å². The van der Waals surface area contributed by atoms with E-state index in [1.165, 1.54) is 21.9 Å². The van der Waals surface area contributed by atoms with Crippen LogP contribution in [0.25, 0.3) is 66.8 Å². The summed E-state index contributed by atoms with van der Waals surface area (Å²) in [7, 11) is 0. The average molecular weight is 721 g/mol. The van der Waals surface area contributed by atoms with Crippen molar-refractivity contribution in [3.05, 3.63) is 211 Å². The Hall–Kier alpha value is -7.28. The van der Waals surface area contributed by atoms with Crippen molar-refractivity contribution in [3.63, 3.8) is 0 Å². The first-order chi connectivity index (χ1) is 27.7. The number of fused-ring (bicyclic) bond motifs is 2. The van der Waals surface area contributed by atoms with Gasteiger partial charge in [-0.2, -0.15) is 0 Å². The van der Waals surface area contributed by atoms with Crippen molar-refractivity contribution in [3.8, 4) is 45.3 Å². The van der Waals surface area contributed by atoms with Gasteiger partial charge in [-0.05, 0) is 55.9 Å². The number of amidine groups is 1. The fourth-order valence-corrected chi connectivity index (χ4v) is 7.61. The third-order valence-corrected chi connectivity index (χ3v) is 10.4. The second kappa shape index (κ2) is 14.5. The van der Waals surface area contributed by atoms with Crippen LogP contribution < -0.4 is 10.6 Å². The SMILES string of the molecule is c1ccc(-c2nc(-c3ccccc3)nc(-c3ccc4cc(C5=NC(c6cccc7cccc(-c8ccccc8)c67)NC(c6ccccc6)N5)ccc4c3)n2)cc1. The summed E-state index contributed by atoms with van der Waals surface area (Å²) in [6.45, 7) is 0. The Bertz CT molecular complexity index is 2800. The van der Waals surface area contributed by atoms with E-state index in [4.69, 9.17) is 19.9 Å². The number of nitrogens with zero attached hydrogens (tertiary/aromatic N) is 4. The fraction of sp³-hybridized carbons (Fsp3) is 0.0400. The minimum Gasteiger partial charge on any atom is -0.350 e. The molecule has 0 saturated heterocycles. The number of benzene rings is 8. The molecule has 0 fully saturated rings. The quantitative estimate of drug-likeness (QED) is 0.171. The maximum atomic E-state index is 5.40. The van der Waals surface area contributed by atoms with Crippen molar-refractivity contribution in [2.75, 3.05) is 0 Å². The van der Waals surface area contributed by atoms with Gasteiger partial charge in [-0.1, -0.05) is 182 Å². The first-order valence-corrected chi connectivity index (χ1v) is 18.9. The van der Waals surface area contributed by atoms with Crippen molar-refractivity contribution < 1.29 is 0 Å². The van der Waals surface area contributed by atoms with E-state index in [9.17, 15) is 0 Å². The monoisotopic (exact) mass is 720 g/mol. The molecule has 0 amide bonds. The van der Waals surface area contributed by atoms with E-state index in [2.05, 4.69) is 144 Å². The van der Waals surface area contributed by atoms with Crippen molar-refractivity contribution in [2.24, 2.45) is 4.99 Å². The molecule has 2 heterocycles. The zero-order valence-electron chi connectivity index (χ0n) is 30.4. The normalized spacial score (nSPS) is 15.3. The van der Waals surface area contributed by atoms with Gasteiger partial charge in [0.15, 0.2) is 17.5 Å². The summed E-state index contributed by atoms with van der Waals surface area (Å²) in [5, 5.41) is 12.1. The van der Waals surface area contributed by atoms with E-state index >= 15 is 0 Å². The van der Waals surface area contributed by atoms with Gasteiger partial charge in [0.25, 0.3) is 0 Å². The molecule has 6 nitrogen and oxygen atoms in total. The summed E-state index contributed by atoms with van der Waals surface area (Å²) in [6, 6.07) is 67.2. The summed E-state index contributed by atoms with van der Waals surface area (Å²) in [5.41, 5.74) is 8.48. The van der Waals surface area contributed by atoms with Crippen LogP contribution >= 0.6 is 0 Å². The van der Waals surface area contributed by atoms with Crippen molar-refractivity contribution in [2.45, 2.75) is 12.3 Å². The van der Waals surface area contributed by atoms with Crippen LogP contribution in [0, 0.1) is 0 Å². The van der Waals surface area contributed by atoms with Gasteiger partial charge in [0.05, 0.1) is 0 Å². The lowest BCUT2D eigenvalue weighted by Crippen LogP contribution is -2.45. The molecular formula is C50H36N6. The van der Waals surface area contributed by atoms with Crippen LogP contribution in [0.15, 0.2) is 199 Å². The van der Waals surface area contributed by atoms with Crippen molar-refractivity contribution >= 4 is 27.4 Å². The predicted octanol–water partition coefficient (Wildman–Crippen LogP) is 11.2. The van der Waals surface area contributed by atoms with E-state index in [1.807, 2.05) is 60.7 Å². The van der Waals surface area contributed by atoms with Crippen LogP contribution in [-0.4, -0.2) is 20.8 Å². The fourth-order valence-electron chi connectivity index (χ4n) is 7.61. The van der Waals surface area contributed by atoms with Gasteiger partial charge in [0.2, 0.25) is 0 Å². The number of aromatic nitrogens is 3. The molecule has 0 bridgehead atoms. The maximum absolute atomic E-state index is 5.40. The molecule has 266 valence electrons. The highest BCUT2D eigenvalue weighted by Crippen LogP contribution is 2.37. The molecule has 2 atom stereocenters. The molecule has 9 aromatic rings. The number of aliphatic imine (C=N–C) groups is 1. The Kier molecular flexibility index (Phi) is 8.63. The first-order valence-electron chi connectivity index (χ1n) is 18.9. The van der Waals surface area contributed by atoms with Crippen LogP contribution in [0.2, 0.25) is 0 Å². The molecule has 56 heavy (non-hydrogen) atoms. The van der Waals surface area contributed by atoms with Gasteiger partial charge in [-0.25, -0.2) is 19.9 Å². The van der Waals surface area contributed by atoms with Crippen LogP contribution in [0.3, 0.4) is 0 Å². The van der Waals surface area contributed by atoms with Crippen molar-refractivity contribution in [1.29, 1.82) is 0 Å². The van der Waals surface area contributed by atoms with Gasteiger partial charge in [-0.15, -0.1) is 0 Å². The van der Waals surface area contributed by atoms with Crippen molar-refractivity contribution in [1.82, 2.24) is 25.6 Å². The number of hydrogen-bond acceptors (Lipinski definition) is 6. The zero-order chi connectivity index (χ0) is 37.3. The molecule has 0 saturated carbocycles. The molecule has 6 heteroatoms. The Morgan fingerprint density at radius 2 is 0.911 bits per heavy atom. The lowest BCUT2D eigenvalue weighted by atomic mass is 9.93. The third kappa shape index (κ3) is 6.48. The molecule has 8 aromatic carbocycles. The summed E-state index contributed by atoms with van der Waals surface area (Å²) in [5.74, 6) is 2.75. The highest BCUT2D eigenvalue weighted by atomic mass is 15.3. The molecule has 10 rings (SSSR count). The molecule has 0 spiro atoms. The second-order valence-corrected chi connectivity index (χ2v) is 14.0. The Balaban J connectivity index is 1.06. The summed E-state index contributed by atoms with van der Waals surface area (Å²) >= 11 is 0. The Morgan fingerprint density at radius 1 is 0.393 bits per heavy atom. The van der Waals surface area contributed by atoms with Gasteiger partial charge < -0.3 is 5.32 Å². The Morgan fingerprint density at radius 3 is 1.54 bits per heavy atom. The second-order valence-electron chi connectivity index (χ2n) is 14.0. The minimum absolute atomic E-state index is 0.160. The van der Waals surface area contributed by atoms with Crippen LogP contribution in [0.4, 0.5) is 0 Å². The van der Waals surface area contributed by atoms with Gasteiger partial charge >= 0.3 is 0 Å². The van der Waals surface area contributed by atoms with E-state index in [0.717, 1.165) is 50.0 Å². The smallest absolute Gasteiger partial charge is 0.164 e. The highest BCUT2D eigenvalue weighted by Gasteiger charge is 2.27. The minimum atomic E-state index is -0.301. The number of nitrogens with one attached hydrogen (secondary N) is 2. The molecular weight excluding hydrogens is 685 g/mol. The summed E-state index contributed by atoms with van der Waals surface area (Å²) < 4.78 is 0. The van der Waals surface area contributed by atoms with Crippen LogP contribution in [0.1, 0.15) is 29.0 Å². The van der Waals surface area contributed by atoms with Gasteiger partial charge in [0.1, 0.15) is 18.2 Å². The first kappa shape index (κ1) is 33.3. The van der Waals surface area contributed by atoms with E-state index < -0.39 is 0 Å². The molecule has 2 unspecified atom stereocenters. The van der Waals surface area contributed by atoms with Gasteiger partial charge in [-0.3, -0.25) is 5.32 Å². The van der Waals surface area contributed by atoms with E-state index in [0.29, 0.717) is 17.5 Å². The van der Waals surface area contributed by atoms with Gasteiger partial charge in [0, 0.05) is 22.3 Å². The number of hydrogen-bond donors (Lipinski definition) is 2. The molecule has 1 aliphatic rings. The highest BCUT2D eigenvalue weighted by molar-refractivity contribution is 6.04. The average Bonchev–Trinajstić information content (AvgIpc) is 3.29. The lowest BCUT2D eigenvalue weighted by molar-refractivity contribution is 0.410. The Labute approximate surface area is 325 Å². The van der Waals surface area contributed by atoms with E-state index in [1.54, 1.807) is 0 Å². The zero-order valence-corrected chi connectivity index (χ0v) is 30.4. The molecule has 1 aliphatic heterocycles.